The van der Waals surface area contributed by atoms with E-state index in [9.17, 15) is 23.9 Å². The molecule has 13 heteroatoms. The first-order chi connectivity index (χ1) is 12.9. The highest BCUT2D eigenvalue weighted by Gasteiger charge is 2.35. The van der Waals surface area contributed by atoms with Gasteiger partial charge in [-0.2, -0.15) is 4.39 Å². The summed E-state index contributed by atoms with van der Waals surface area (Å²) < 4.78 is 19.1. The van der Waals surface area contributed by atoms with Crippen LogP contribution in [0.4, 0.5) is 4.39 Å². The lowest BCUT2D eigenvalue weighted by Gasteiger charge is -2.13. The van der Waals surface area contributed by atoms with Gasteiger partial charge in [0.05, 0.1) is 25.4 Å². The molecule has 1 fully saturated rings. The predicted molar refractivity (Wildman–Crippen MR) is 87.4 cm³/mol. The zero-order valence-corrected chi connectivity index (χ0v) is 13.6. The van der Waals surface area contributed by atoms with Gasteiger partial charge >= 0.3 is 5.69 Å². The van der Waals surface area contributed by atoms with Crippen molar-refractivity contribution in [1.82, 2.24) is 29.5 Å². The molecule has 0 aromatic carbocycles. The van der Waals surface area contributed by atoms with Crippen LogP contribution in [0.1, 0.15) is 12.6 Å². The van der Waals surface area contributed by atoms with Gasteiger partial charge in [-0.05, 0) is 0 Å². The summed E-state index contributed by atoms with van der Waals surface area (Å²) in [6.07, 6.45) is 1.94. The lowest BCUT2D eigenvalue weighted by Crippen LogP contribution is -2.24. The van der Waals surface area contributed by atoms with Crippen molar-refractivity contribution in [2.75, 3.05) is 6.61 Å². The Kier molecular flexibility index (Phi) is 5.25. The van der Waals surface area contributed by atoms with E-state index in [2.05, 4.69) is 15.0 Å². The number of ether oxygens (including phenoxy) is 1. The normalized spacial score (nSPS) is 21.8. The Balaban J connectivity index is 0.000000197. The molecular weight excluding hydrogens is 367 g/mol. The number of nitrogens with one attached hydrogen (secondary N) is 3. The summed E-state index contributed by atoms with van der Waals surface area (Å²) in [7, 11) is 0. The first-order valence-corrected chi connectivity index (χ1v) is 7.72. The molecule has 0 unspecified atom stereocenters. The molecule has 1 aliphatic heterocycles. The lowest BCUT2D eigenvalue weighted by atomic mass is 10.2. The van der Waals surface area contributed by atoms with Crippen LogP contribution in [0.25, 0.3) is 11.2 Å². The molecule has 0 aliphatic carbocycles. The summed E-state index contributed by atoms with van der Waals surface area (Å²) in [5.41, 5.74) is -1.41. The van der Waals surface area contributed by atoms with Crippen LogP contribution in [0, 0.1) is 5.82 Å². The maximum atomic E-state index is 12.0. The van der Waals surface area contributed by atoms with E-state index in [0.29, 0.717) is 18.3 Å². The standard InChI is InChI=1S/C10H12N4O4.C4H3FN2O2/c15-2-6-5(16)1-7(18-6)14-4-13-8-9(14)11-3-12-10(8)17;5-2-1-6-4(9)7-3(2)8/h3-7,15-16H,1-2H2,(H,11,12,17);1H,(H2,6,7,8,9)/t5-,6+,7+;/m0./s1. The topological polar surface area (TPSA) is 179 Å². The number of aliphatic hydroxyl groups is 2. The van der Waals surface area contributed by atoms with Crippen molar-refractivity contribution in [2.24, 2.45) is 0 Å². The van der Waals surface area contributed by atoms with Crippen LogP contribution >= 0.6 is 0 Å². The molecule has 3 aromatic heterocycles. The summed E-state index contributed by atoms with van der Waals surface area (Å²) in [6, 6.07) is 0. The smallest absolute Gasteiger partial charge is 0.325 e. The Morgan fingerprint density at radius 1 is 1.26 bits per heavy atom. The van der Waals surface area contributed by atoms with Crippen LogP contribution in [0.5, 0.6) is 0 Å². The molecule has 4 rings (SSSR count). The SMILES string of the molecule is O=c1[nH]cc(F)c(=O)[nH]1.O=c1[nH]cnc2c1ncn2[C@H]1C[C@H](O)[C@@H](CO)O1. The van der Waals surface area contributed by atoms with E-state index < -0.39 is 35.5 Å². The summed E-state index contributed by atoms with van der Waals surface area (Å²) in [5.74, 6) is -0.991. The average Bonchev–Trinajstić information content (AvgIpc) is 3.23. The molecule has 0 bridgehead atoms. The number of halogens is 1. The molecule has 3 aromatic rings. The van der Waals surface area contributed by atoms with Gasteiger partial charge in [-0.15, -0.1) is 0 Å². The average molecular weight is 382 g/mol. The maximum Gasteiger partial charge on any atom is 0.325 e. The van der Waals surface area contributed by atoms with Crippen molar-refractivity contribution in [2.45, 2.75) is 24.9 Å². The number of aliphatic hydroxyl groups excluding tert-OH is 2. The third-order valence-corrected chi connectivity index (χ3v) is 3.83. The molecule has 0 radical (unpaired) electrons. The van der Waals surface area contributed by atoms with Crippen LogP contribution in [0.2, 0.25) is 0 Å². The van der Waals surface area contributed by atoms with Crippen LogP contribution in [-0.4, -0.2) is 58.5 Å². The second-order valence-electron chi connectivity index (χ2n) is 5.59. The molecule has 4 heterocycles. The Morgan fingerprint density at radius 3 is 2.67 bits per heavy atom. The second kappa shape index (κ2) is 7.61. The number of imidazole rings is 1. The third kappa shape index (κ3) is 3.84. The second-order valence-corrected chi connectivity index (χ2v) is 5.59. The minimum atomic E-state index is -1.00. The molecule has 144 valence electrons. The van der Waals surface area contributed by atoms with Gasteiger partial charge in [0.25, 0.3) is 11.1 Å². The Morgan fingerprint density at radius 2 is 2.04 bits per heavy atom. The van der Waals surface area contributed by atoms with Crippen LogP contribution in [0.3, 0.4) is 0 Å². The van der Waals surface area contributed by atoms with E-state index in [0.717, 1.165) is 0 Å². The molecule has 0 spiro atoms. The van der Waals surface area contributed by atoms with Gasteiger partial charge in [-0.3, -0.25) is 19.1 Å². The Hall–Kier alpha value is -3.16. The van der Waals surface area contributed by atoms with Crippen molar-refractivity contribution < 1.29 is 19.3 Å². The summed E-state index contributed by atoms with van der Waals surface area (Å²) >= 11 is 0. The fraction of sp³-hybridized carbons (Fsp3) is 0.357. The number of hydrogen-bond acceptors (Lipinski definition) is 8. The molecule has 3 atom stereocenters. The van der Waals surface area contributed by atoms with Crippen molar-refractivity contribution in [3.05, 3.63) is 55.9 Å². The van der Waals surface area contributed by atoms with Gasteiger partial charge in [-0.1, -0.05) is 0 Å². The quantitative estimate of drug-likeness (QED) is 0.336. The fourth-order valence-electron chi connectivity index (χ4n) is 2.52. The van der Waals surface area contributed by atoms with Gasteiger partial charge in [0.1, 0.15) is 12.3 Å². The molecule has 5 N–H and O–H groups in total. The van der Waals surface area contributed by atoms with E-state index in [1.807, 2.05) is 4.98 Å². The largest absolute Gasteiger partial charge is 0.394 e. The zero-order chi connectivity index (χ0) is 19.6. The third-order valence-electron chi connectivity index (χ3n) is 3.83. The van der Waals surface area contributed by atoms with Crippen molar-refractivity contribution in [1.29, 1.82) is 0 Å². The number of aromatic nitrogens is 6. The van der Waals surface area contributed by atoms with Gasteiger partial charge in [0.2, 0.25) is 5.82 Å². The van der Waals surface area contributed by atoms with Crippen LogP contribution in [-0.2, 0) is 4.74 Å². The van der Waals surface area contributed by atoms with Crippen molar-refractivity contribution >= 4 is 11.2 Å². The Labute approximate surface area is 148 Å². The molecule has 1 aliphatic rings. The maximum absolute atomic E-state index is 12.0. The molecule has 0 amide bonds. The highest BCUT2D eigenvalue weighted by atomic mass is 19.1. The highest BCUT2D eigenvalue weighted by molar-refractivity contribution is 5.68. The number of hydrogen-bond donors (Lipinski definition) is 5. The van der Waals surface area contributed by atoms with E-state index in [4.69, 9.17) is 9.84 Å². The number of nitrogens with zero attached hydrogens (tertiary/aromatic N) is 3. The van der Waals surface area contributed by atoms with Crippen LogP contribution in [0.15, 0.2) is 33.2 Å². The van der Waals surface area contributed by atoms with Gasteiger partial charge < -0.3 is 24.9 Å². The number of fused-ring (bicyclic) bond motifs is 1. The van der Waals surface area contributed by atoms with E-state index in [-0.39, 0.29) is 17.7 Å². The predicted octanol–water partition coefficient (Wildman–Crippen LogP) is -2.04. The summed E-state index contributed by atoms with van der Waals surface area (Å²) in [4.78, 5) is 45.9. The van der Waals surface area contributed by atoms with Crippen LogP contribution < -0.4 is 16.8 Å². The molecule has 12 nitrogen and oxygen atoms in total. The van der Waals surface area contributed by atoms with Crippen molar-refractivity contribution in [3.8, 4) is 0 Å². The number of aromatic amines is 3. The molecule has 1 saturated heterocycles. The molecule has 0 saturated carbocycles. The van der Waals surface area contributed by atoms with Gasteiger partial charge in [0.15, 0.2) is 11.2 Å². The summed E-state index contributed by atoms with van der Waals surface area (Å²) in [6.45, 7) is -0.252. The van der Waals surface area contributed by atoms with E-state index >= 15 is 0 Å². The summed E-state index contributed by atoms with van der Waals surface area (Å²) in [5, 5.41) is 18.7. The monoisotopic (exact) mass is 382 g/mol. The molecular formula is C14H15FN6O6. The first-order valence-electron chi connectivity index (χ1n) is 7.72. The number of H-pyrrole nitrogens is 3. The zero-order valence-electron chi connectivity index (χ0n) is 13.6. The minimum absolute atomic E-state index is 0.225. The van der Waals surface area contributed by atoms with E-state index in [1.165, 1.54) is 12.7 Å². The Bertz CT molecular complexity index is 1100. The lowest BCUT2D eigenvalue weighted by molar-refractivity contribution is -0.0432. The van der Waals surface area contributed by atoms with Gasteiger partial charge in [-0.25, -0.2) is 14.8 Å². The number of rotatable bonds is 2. The first kappa shape index (κ1) is 18.6. The van der Waals surface area contributed by atoms with E-state index in [1.54, 1.807) is 9.55 Å². The van der Waals surface area contributed by atoms with Gasteiger partial charge in [0, 0.05) is 12.6 Å². The minimum Gasteiger partial charge on any atom is -0.394 e. The highest BCUT2D eigenvalue weighted by Crippen LogP contribution is 2.29. The fourth-order valence-corrected chi connectivity index (χ4v) is 2.52. The molecule has 27 heavy (non-hydrogen) atoms. The van der Waals surface area contributed by atoms with Crippen molar-refractivity contribution in [3.63, 3.8) is 0 Å².